The lowest BCUT2D eigenvalue weighted by atomic mass is 10.1. The molecule has 0 unspecified atom stereocenters. The third kappa shape index (κ3) is 2.36. The topological polar surface area (TPSA) is 22.1 Å². The summed E-state index contributed by atoms with van der Waals surface area (Å²) in [6.07, 6.45) is -3.75. The van der Waals surface area contributed by atoms with Gasteiger partial charge in [-0.25, -0.2) is 0 Å². The number of halogens is 3. The maximum absolute atomic E-state index is 12.2. The van der Waals surface area contributed by atoms with Gasteiger partial charge in [0.2, 0.25) is 0 Å². The lowest BCUT2D eigenvalue weighted by molar-refractivity contribution is -0.274. The Morgan fingerprint density at radius 1 is 1.32 bits per heavy atom. The van der Waals surface area contributed by atoms with Gasteiger partial charge in [-0.3, -0.25) is 4.98 Å². The fourth-order valence-corrected chi connectivity index (χ4v) is 3.53. The zero-order valence-corrected chi connectivity index (χ0v) is 10.9. The van der Waals surface area contributed by atoms with Gasteiger partial charge in [-0.05, 0) is 37.1 Å². The van der Waals surface area contributed by atoms with E-state index < -0.39 is 6.36 Å². The molecule has 2 nitrogen and oxygen atoms in total. The third-order valence-corrected chi connectivity index (χ3v) is 4.21. The van der Waals surface area contributed by atoms with Crippen LogP contribution in [0.2, 0.25) is 0 Å². The molecule has 2 heterocycles. The van der Waals surface area contributed by atoms with E-state index in [1.165, 1.54) is 12.1 Å². The highest BCUT2D eigenvalue weighted by atomic mass is 32.2. The third-order valence-electron chi connectivity index (χ3n) is 3.04. The van der Waals surface area contributed by atoms with E-state index in [1.807, 2.05) is 6.92 Å². The van der Waals surface area contributed by atoms with Gasteiger partial charge in [0, 0.05) is 21.7 Å². The van der Waals surface area contributed by atoms with Crippen molar-refractivity contribution in [3.05, 3.63) is 29.5 Å². The molecule has 19 heavy (non-hydrogen) atoms. The standard InChI is InChI=1S/C13H10F3NOS/c1-7-9-4-5-19-12(9)10-6-8(18-13(14,15)16)2-3-11(10)17-7/h2-3,6H,4-5H2,1H3. The van der Waals surface area contributed by atoms with Gasteiger partial charge in [-0.2, -0.15) is 0 Å². The number of aryl methyl sites for hydroxylation is 1. The lowest BCUT2D eigenvalue weighted by Crippen LogP contribution is -2.17. The van der Waals surface area contributed by atoms with Crippen LogP contribution in [0.25, 0.3) is 10.9 Å². The first-order valence-electron chi connectivity index (χ1n) is 5.76. The second kappa shape index (κ2) is 4.30. The van der Waals surface area contributed by atoms with Crippen molar-refractivity contribution in [2.75, 3.05) is 5.75 Å². The van der Waals surface area contributed by atoms with Gasteiger partial charge in [-0.15, -0.1) is 24.9 Å². The molecule has 0 bridgehead atoms. The maximum Gasteiger partial charge on any atom is 0.573 e. The number of ether oxygens (including phenoxy) is 1. The van der Waals surface area contributed by atoms with Gasteiger partial charge in [-0.1, -0.05) is 0 Å². The Hall–Kier alpha value is -1.43. The van der Waals surface area contributed by atoms with Gasteiger partial charge in [0.05, 0.1) is 5.52 Å². The number of rotatable bonds is 1. The molecule has 0 amide bonds. The second-order valence-corrected chi connectivity index (χ2v) is 5.44. The van der Waals surface area contributed by atoms with E-state index in [-0.39, 0.29) is 5.75 Å². The molecule has 100 valence electrons. The molecule has 3 rings (SSSR count). The SMILES string of the molecule is Cc1nc2ccc(OC(F)(F)F)cc2c2c1CCS2. The van der Waals surface area contributed by atoms with Crippen LogP contribution in [0, 0.1) is 6.92 Å². The summed E-state index contributed by atoms with van der Waals surface area (Å²) in [6.45, 7) is 1.93. The molecule has 6 heteroatoms. The number of benzene rings is 1. The first kappa shape index (κ1) is 12.6. The summed E-state index contributed by atoms with van der Waals surface area (Å²) in [5.74, 6) is 0.752. The quantitative estimate of drug-likeness (QED) is 0.788. The Morgan fingerprint density at radius 3 is 2.84 bits per heavy atom. The zero-order chi connectivity index (χ0) is 13.6. The average Bonchev–Trinajstić information content (AvgIpc) is 2.78. The summed E-state index contributed by atoms with van der Waals surface area (Å²) in [5, 5.41) is 0.741. The van der Waals surface area contributed by atoms with E-state index in [0.717, 1.165) is 33.7 Å². The van der Waals surface area contributed by atoms with Crippen LogP contribution in [0.3, 0.4) is 0 Å². The monoisotopic (exact) mass is 285 g/mol. The smallest absolute Gasteiger partial charge is 0.406 e. The minimum absolute atomic E-state index is 0.194. The number of hydrogen-bond acceptors (Lipinski definition) is 3. The van der Waals surface area contributed by atoms with E-state index in [4.69, 9.17) is 0 Å². The molecule has 0 radical (unpaired) electrons. The summed E-state index contributed by atoms with van der Waals surface area (Å²) in [7, 11) is 0. The van der Waals surface area contributed by atoms with Crippen molar-refractivity contribution in [1.82, 2.24) is 4.98 Å². The van der Waals surface area contributed by atoms with Crippen molar-refractivity contribution < 1.29 is 17.9 Å². The van der Waals surface area contributed by atoms with E-state index in [0.29, 0.717) is 5.52 Å². The second-order valence-electron chi connectivity index (χ2n) is 4.33. The Bertz CT molecular complexity index is 654. The van der Waals surface area contributed by atoms with Crippen molar-refractivity contribution in [3.63, 3.8) is 0 Å². The zero-order valence-electron chi connectivity index (χ0n) is 10.0. The summed E-state index contributed by atoms with van der Waals surface area (Å²) in [6, 6.07) is 4.29. The van der Waals surface area contributed by atoms with Crippen LogP contribution in [0.5, 0.6) is 5.75 Å². The van der Waals surface area contributed by atoms with Gasteiger partial charge in [0.1, 0.15) is 5.75 Å². The van der Waals surface area contributed by atoms with Crippen LogP contribution in [-0.4, -0.2) is 17.1 Å². The summed E-state index contributed by atoms with van der Waals surface area (Å²) >= 11 is 1.66. The normalized spacial score (nSPS) is 14.7. The fourth-order valence-electron chi connectivity index (χ4n) is 2.28. The number of nitrogens with zero attached hydrogens (tertiary/aromatic N) is 1. The first-order chi connectivity index (χ1) is 8.94. The number of alkyl halides is 3. The van der Waals surface area contributed by atoms with E-state index >= 15 is 0 Å². The Balaban J connectivity index is 2.15. The fraction of sp³-hybridized carbons (Fsp3) is 0.308. The van der Waals surface area contributed by atoms with Crippen molar-refractivity contribution in [2.45, 2.75) is 24.6 Å². The van der Waals surface area contributed by atoms with Crippen LogP contribution in [0.1, 0.15) is 11.3 Å². The van der Waals surface area contributed by atoms with Crippen LogP contribution < -0.4 is 4.74 Å². The molecule has 0 spiro atoms. The average molecular weight is 285 g/mol. The number of aromatic nitrogens is 1. The van der Waals surface area contributed by atoms with Crippen LogP contribution >= 0.6 is 11.8 Å². The van der Waals surface area contributed by atoms with Gasteiger partial charge in [0.15, 0.2) is 0 Å². The number of fused-ring (bicyclic) bond motifs is 3. The minimum Gasteiger partial charge on any atom is -0.406 e. The molecule has 1 aromatic carbocycles. The molecule has 1 aliphatic heterocycles. The Morgan fingerprint density at radius 2 is 2.11 bits per heavy atom. The molecule has 0 N–H and O–H groups in total. The molecule has 0 saturated carbocycles. The number of thioether (sulfide) groups is 1. The molecule has 0 fully saturated rings. The first-order valence-corrected chi connectivity index (χ1v) is 6.74. The summed E-state index contributed by atoms with van der Waals surface area (Å²) in [4.78, 5) is 5.47. The molecular weight excluding hydrogens is 275 g/mol. The Labute approximate surface area is 112 Å². The molecule has 0 atom stereocenters. The van der Waals surface area contributed by atoms with E-state index in [1.54, 1.807) is 17.8 Å². The van der Waals surface area contributed by atoms with E-state index in [2.05, 4.69) is 9.72 Å². The van der Waals surface area contributed by atoms with Gasteiger partial charge >= 0.3 is 6.36 Å². The highest BCUT2D eigenvalue weighted by molar-refractivity contribution is 7.99. The van der Waals surface area contributed by atoms with Crippen molar-refractivity contribution >= 4 is 22.7 Å². The van der Waals surface area contributed by atoms with Crippen LogP contribution in [0.4, 0.5) is 13.2 Å². The van der Waals surface area contributed by atoms with Gasteiger partial charge < -0.3 is 4.74 Å². The van der Waals surface area contributed by atoms with E-state index in [9.17, 15) is 13.2 Å². The summed E-state index contributed by atoms with van der Waals surface area (Å²) in [5.41, 5.74) is 2.80. The molecular formula is C13H10F3NOS. The van der Waals surface area contributed by atoms with Crippen molar-refractivity contribution in [1.29, 1.82) is 0 Å². The molecule has 1 aliphatic rings. The van der Waals surface area contributed by atoms with Gasteiger partial charge in [0.25, 0.3) is 0 Å². The van der Waals surface area contributed by atoms with Crippen molar-refractivity contribution in [3.8, 4) is 5.75 Å². The minimum atomic E-state index is -4.66. The maximum atomic E-state index is 12.2. The molecule has 2 aromatic rings. The molecule has 0 saturated heterocycles. The number of pyridine rings is 1. The highest BCUT2D eigenvalue weighted by Crippen LogP contribution is 2.39. The van der Waals surface area contributed by atoms with Crippen molar-refractivity contribution in [2.24, 2.45) is 0 Å². The largest absolute Gasteiger partial charge is 0.573 e. The van der Waals surface area contributed by atoms with Crippen LogP contribution in [-0.2, 0) is 6.42 Å². The van der Waals surface area contributed by atoms with Crippen LogP contribution in [0.15, 0.2) is 23.1 Å². The molecule has 0 aliphatic carbocycles. The predicted octanol–water partition coefficient (Wildman–Crippen LogP) is 4.09. The molecule has 1 aromatic heterocycles. The highest BCUT2D eigenvalue weighted by Gasteiger charge is 2.31. The number of hydrogen-bond donors (Lipinski definition) is 0. The Kier molecular flexibility index (Phi) is 2.85. The predicted molar refractivity (Wildman–Crippen MR) is 67.6 cm³/mol. The lowest BCUT2D eigenvalue weighted by Gasteiger charge is -2.11. The summed E-state index contributed by atoms with van der Waals surface area (Å²) < 4.78 is 40.7.